The lowest BCUT2D eigenvalue weighted by Crippen LogP contribution is -2.38. The molecule has 2 saturated heterocycles. The average Bonchev–Trinajstić information content (AvgIpc) is 3.08. The van der Waals surface area contributed by atoms with Crippen LogP contribution in [0.25, 0.3) is 17.0 Å². The van der Waals surface area contributed by atoms with E-state index in [1.807, 2.05) is 31.2 Å². The molecule has 3 heterocycles. The fourth-order valence-electron chi connectivity index (χ4n) is 4.05. The largest absolute Gasteiger partial charge is 0.382 e. The lowest BCUT2D eigenvalue weighted by atomic mass is 10.1. The third kappa shape index (κ3) is 4.47. The molecule has 2 aromatic rings. The van der Waals surface area contributed by atoms with Crippen LogP contribution < -0.4 is 10.5 Å². The molecule has 2 fully saturated rings. The minimum Gasteiger partial charge on any atom is -0.382 e. The minimum atomic E-state index is -0.153. The minimum absolute atomic E-state index is 0.133. The van der Waals surface area contributed by atoms with E-state index in [2.05, 4.69) is 4.90 Å². The maximum absolute atomic E-state index is 13.4. The van der Waals surface area contributed by atoms with Gasteiger partial charge < -0.3 is 18.9 Å². The Bertz CT molecular complexity index is 1120. The number of carbonyl (C=O) groups excluding carboxylic acids is 1. The number of pyridine rings is 1. The summed E-state index contributed by atoms with van der Waals surface area (Å²) in [5, 5.41) is 0.981. The molecule has 1 aromatic heterocycles. The molecule has 32 heavy (non-hydrogen) atoms. The summed E-state index contributed by atoms with van der Waals surface area (Å²) in [6.07, 6.45) is 2.44. The number of aromatic nitrogens is 1. The third-order valence-electron chi connectivity index (χ3n) is 5.66. The average molecular weight is 474 g/mol. The SMILES string of the molecule is CCOCCCN1C(=O)C(=Cc2c(N3CCOCC3)c3ccccc3n(C)c2=O)SC1=S. The maximum atomic E-state index is 13.4. The van der Waals surface area contributed by atoms with E-state index in [9.17, 15) is 9.59 Å². The summed E-state index contributed by atoms with van der Waals surface area (Å²) in [4.78, 5) is 30.8. The van der Waals surface area contributed by atoms with Gasteiger partial charge >= 0.3 is 0 Å². The van der Waals surface area contributed by atoms with Crippen LogP contribution in [0, 0.1) is 0 Å². The van der Waals surface area contributed by atoms with Crippen LogP contribution in [-0.4, -0.2) is 65.8 Å². The Hall–Kier alpha value is -2.20. The zero-order valence-corrected chi connectivity index (χ0v) is 20.0. The van der Waals surface area contributed by atoms with Gasteiger partial charge in [0.2, 0.25) is 0 Å². The van der Waals surface area contributed by atoms with Crippen molar-refractivity contribution in [1.82, 2.24) is 9.47 Å². The summed E-state index contributed by atoms with van der Waals surface area (Å²) in [5.74, 6) is -0.153. The number of aryl methyl sites for hydroxylation is 1. The first-order valence-electron chi connectivity index (χ1n) is 10.8. The summed E-state index contributed by atoms with van der Waals surface area (Å²) in [6, 6.07) is 7.87. The van der Waals surface area contributed by atoms with Crippen molar-refractivity contribution in [2.24, 2.45) is 7.05 Å². The number of hydrogen-bond donors (Lipinski definition) is 0. The smallest absolute Gasteiger partial charge is 0.266 e. The Morgan fingerprint density at radius 1 is 1.22 bits per heavy atom. The van der Waals surface area contributed by atoms with Gasteiger partial charge in [0.15, 0.2) is 0 Å². The normalized spacial score (nSPS) is 18.4. The predicted molar refractivity (Wildman–Crippen MR) is 133 cm³/mol. The molecule has 2 aliphatic rings. The van der Waals surface area contributed by atoms with E-state index in [1.54, 1.807) is 22.6 Å². The Kier molecular flexibility index (Phi) is 7.30. The molecule has 0 spiro atoms. The fourth-order valence-corrected chi connectivity index (χ4v) is 5.34. The van der Waals surface area contributed by atoms with Crippen molar-refractivity contribution in [3.63, 3.8) is 0 Å². The van der Waals surface area contributed by atoms with Gasteiger partial charge in [0.1, 0.15) is 4.32 Å². The quantitative estimate of drug-likeness (QED) is 0.348. The molecule has 0 bridgehead atoms. The number of rotatable bonds is 7. The highest BCUT2D eigenvalue weighted by molar-refractivity contribution is 8.26. The standard InChI is InChI=1S/C23H27N3O4S2/c1-3-29-12-6-9-26-22(28)19(32-23(26)31)15-17-20(25-10-13-30-14-11-25)16-7-4-5-8-18(16)24(2)21(17)27/h4-5,7-8,15H,3,6,9-14H2,1-2H3. The first-order valence-corrected chi connectivity index (χ1v) is 12.0. The van der Waals surface area contributed by atoms with Crippen LogP contribution in [0.2, 0.25) is 0 Å². The van der Waals surface area contributed by atoms with Crippen molar-refractivity contribution >= 4 is 56.9 Å². The number of amides is 1. The third-order valence-corrected chi connectivity index (χ3v) is 7.04. The monoisotopic (exact) mass is 473 g/mol. The fraction of sp³-hybridized carbons (Fsp3) is 0.435. The van der Waals surface area contributed by atoms with Crippen molar-refractivity contribution in [3.8, 4) is 0 Å². The number of anilines is 1. The van der Waals surface area contributed by atoms with Crippen molar-refractivity contribution in [2.75, 3.05) is 51.0 Å². The summed E-state index contributed by atoms with van der Waals surface area (Å²) >= 11 is 6.71. The molecule has 1 aromatic carbocycles. The lowest BCUT2D eigenvalue weighted by molar-refractivity contribution is -0.122. The molecule has 0 atom stereocenters. The number of benzene rings is 1. The molecular weight excluding hydrogens is 446 g/mol. The van der Waals surface area contributed by atoms with Crippen LogP contribution in [0.4, 0.5) is 5.69 Å². The van der Waals surface area contributed by atoms with Crippen LogP contribution in [-0.2, 0) is 21.3 Å². The van der Waals surface area contributed by atoms with Crippen LogP contribution in [0.1, 0.15) is 18.9 Å². The lowest BCUT2D eigenvalue weighted by Gasteiger charge is -2.31. The molecule has 7 nitrogen and oxygen atoms in total. The summed E-state index contributed by atoms with van der Waals surface area (Å²) < 4.78 is 13.1. The van der Waals surface area contributed by atoms with E-state index in [1.165, 1.54) is 11.8 Å². The highest BCUT2D eigenvalue weighted by Gasteiger charge is 2.32. The number of thioether (sulfide) groups is 1. The first kappa shape index (κ1) is 23.0. The molecule has 0 saturated carbocycles. The van der Waals surface area contributed by atoms with Gasteiger partial charge in [0.25, 0.3) is 11.5 Å². The van der Waals surface area contributed by atoms with Gasteiger partial charge in [-0.05, 0) is 25.5 Å². The van der Waals surface area contributed by atoms with Gasteiger partial charge in [0, 0.05) is 45.3 Å². The molecule has 0 radical (unpaired) electrons. The Labute approximate surface area is 197 Å². The van der Waals surface area contributed by atoms with Crippen molar-refractivity contribution in [3.05, 3.63) is 45.1 Å². The Morgan fingerprint density at radius 2 is 1.97 bits per heavy atom. The number of nitrogens with zero attached hydrogens (tertiary/aromatic N) is 3. The van der Waals surface area contributed by atoms with Gasteiger partial charge in [0.05, 0.1) is 34.9 Å². The molecule has 170 valence electrons. The van der Waals surface area contributed by atoms with E-state index in [0.717, 1.165) is 16.6 Å². The summed E-state index contributed by atoms with van der Waals surface area (Å²) in [6.45, 7) is 6.27. The van der Waals surface area contributed by atoms with E-state index >= 15 is 0 Å². The van der Waals surface area contributed by atoms with Crippen molar-refractivity contribution in [2.45, 2.75) is 13.3 Å². The zero-order chi connectivity index (χ0) is 22.7. The maximum Gasteiger partial charge on any atom is 0.266 e. The number of morpholine rings is 1. The van der Waals surface area contributed by atoms with Gasteiger partial charge in [-0.15, -0.1) is 0 Å². The number of hydrogen-bond acceptors (Lipinski definition) is 7. The highest BCUT2D eigenvalue weighted by atomic mass is 32.2. The highest BCUT2D eigenvalue weighted by Crippen LogP contribution is 2.36. The Balaban J connectivity index is 1.76. The number of thiocarbonyl (C=S) groups is 1. The number of fused-ring (bicyclic) bond motifs is 1. The topological polar surface area (TPSA) is 64.0 Å². The first-order chi connectivity index (χ1) is 15.5. The molecule has 1 amide bonds. The molecule has 9 heteroatoms. The molecular formula is C23H27N3O4S2. The summed E-state index contributed by atoms with van der Waals surface area (Å²) in [7, 11) is 1.77. The van der Waals surface area contributed by atoms with E-state index in [0.29, 0.717) is 67.3 Å². The van der Waals surface area contributed by atoms with Crippen LogP contribution in [0.15, 0.2) is 34.0 Å². The van der Waals surface area contributed by atoms with Gasteiger partial charge in [-0.25, -0.2) is 0 Å². The number of carbonyl (C=O) groups is 1. The molecule has 4 rings (SSSR count). The van der Waals surface area contributed by atoms with E-state index in [-0.39, 0.29) is 11.5 Å². The van der Waals surface area contributed by atoms with E-state index in [4.69, 9.17) is 21.7 Å². The summed E-state index contributed by atoms with van der Waals surface area (Å²) in [5.41, 5.74) is 2.10. The number of para-hydroxylation sites is 1. The molecule has 0 unspecified atom stereocenters. The van der Waals surface area contributed by atoms with Crippen LogP contribution in [0.5, 0.6) is 0 Å². The van der Waals surface area contributed by atoms with Gasteiger partial charge in [-0.2, -0.15) is 0 Å². The molecule has 0 aliphatic carbocycles. The second-order valence-electron chi connectivity index (χ2n) is 7.63. The van der Waals surface area contributed by atoms with Crippen molar-refractivity contribution < 1.29 is 14.3 Å². The molecule has 2 aliphatic heterocycles. The van der Waals surface area contributed by atoms with Gasteiger partial charge in [-0.3, -0.25) is 14.5 Å². The predicted octanol–water partition coefficient (Wildman–Crippen LogP) is 3.00. The zero-order valence-electron chi connectivity index (χ0n) is 18.3. The van der Waals surface area contributed by atoms with E-state index < -0.39 is 0 Å². The van der Waals surface area contributed by atoms with Crippen LogP contribution in [0.3, 0.4) is 0 Å². The Morgan fingerprint density at radius 3 is 2.72 bits per heavy atom. The van der Waals surface area contributed by atoms with Gasteiger partial charge in [-0.1, -0.05) is 42.2 Å². The second kappa shape index (κ2) is 10.2. The number of ether oxygens (including phenoxy) is 2. The second-order valence-corrected chi connectivity index (χ2v) is 9.30. The van der Waals surface area contributed by atoms with Crippen LogP contribution >= 0.6 is 24.0 Å². The molecule has 0 N–H and O–H groups in total. The van der Waals surface area contributed by atoms with Crippen molar-refractivity contribution in [1.29, 1.82) is 0 Å².